The molecule has 5 nitrogen and oxygen atoms in total. The molecule has 0 aliphatic carbocycles. The third-order valence-electron chi connectivity index (χ3n) is 1.70. The zero-order chi connectivity index (χ0) is 17.2. The Labute approximate surface area is 115 Å². The minimum atomic E-state index is -10.7. The van der Waals surface area contributed by atoms with Crippen molar-refractivity contribution in [1.29, 1.82) is 5.39 Å². The molecular weight excluding hydrogens is 327 g/mol. The Balaban J connectivity index is 0.000000486. The van der Waals surface area contributed by atoms with E-state index in [1.807, 2.05) is 0 Å². The van der Waals surface area contributed by atoms with Crippen LogP contribution in [0.15, 0.2) is 18.2 Å². The predicted octanol–water partition coefficient (Wildman–Crippen LogP) is 4.93. The molecule has 0 spiro atoms. The number of diazo groups is 1. The van der Waals surface area contributed by atoms with E-state index in [9.17, 15) is 25.2 Å². The summed E-state index contributed by atoms with van der Waals surface area (Å²) in [6, 6.07) is 4.78. The van der Waals surface area contributed by atoms with Gasteiger partial charge in [-0.25, -0.2) is 0 Å². The molecule has 0 aliphatic heterocycles. The molecule has 0 amide bonds. The van der Waals surface area contributed by atoms with Crippen molar-refractivity contribution >= 4 is 19.2 Å². The van der Waals surface area contributed by atoms with E-state index < -0.39 is 13.7 Å². The van der Waals surface area contributed by atoms with Crippen LogP contribution < -0.4 is 5.32 Å². The fourth-order valence-corrected chi connectivity index (χ4v) is 1.11. The van der Waals surface area contributed by atoms with Crippen LogP contribution in [0.25, 0.3) is 4.98 Å². The molecule has 0 fully saturated rings. The van der Waals surface area contributed by atoms with E-state index in [0.717, 1.165) is 5.56 Å². The van der Waals surface area contributed by atoms with Crippen molar-refractivity contribution in [2.45, 2.75) is 19.8 Å². The number of aliphatic hydroxyl groups is 2. The van der Waals surface area contributed by atoms with Crippen LogP contribution in [0.5, 0.6) is 0 Å². The second kappa shape index (κ2) is 4.98. The first-order chi connectivity index (χ1) is 8.87. The number of anilines is 1. The van der Waals surface area contributed by atoms with Crippen LogP contribution >= 0.6 is 7.81 Å². The van der Waals surface area contributed by atoms with Gasteiger partial charge < -0.3 is 15.5 Å². The summed E-state index contributed by atoms with van der Waals surface area (Å²) in [5, 5.41) is 29.2. The summed E-state index contributed by atoms with van der Waals surface area (Å²) in [5.41, 5.74) is 1.75. The Morgan fingerprint density at radius 3 is 1.86 bits per heavy atom. The van der Waals surface area contributed by atoms with E-state index >= 15 is 0 Å². The third-order valence-corrected chi connectivity index (χ3v) is 1.70. The molecule has 21 heavy (non-hydrogen) atoms. The van der Waals surface area contributed by atoms with Crippen LogP contribution in [0, 0.1) is 12.3 Å². The molecule has 3 N–H and O–H groups in total. The molecule has 1 aromatic rings. The number of hydrogen-bond acceptors (Lipinski definition) is 4. The van der Waals surface area contributed by atoms with Gasteiger partial charge in [-0.05, 0) is 18.6 Å². The number of halogens is 6. The standard InChI is InChI=1S/C9H12N3O2.F6P/c1-6-5-7(12-10)3-4-8(6)11-9(2,13)14;1-7(2,3,4,5)6/h3-5,11,13-14H,1-2H3;/q+1;-1. The number of nitrogens with zero attached hydrogens (tertiary/aromatic N) is 2. The number of rotatable bonds is 2. The molecule has 0 aliphatic rings. The second-order valence-electron chi connectivity index (χ2n) is 4.20. The van der Waals surface area contributed by atoms with Crippen molar-refractivity contribution in [3.05, 3.63) is 28.7 Å². The van der Waals surface area contributed by atoms with E-state index in [0.29, 0.717) is 11.4 Å². The number of nitrogens with one attached hydrogen (secondary N) is 1. The maximum absolute atomic E-state index is 10.7. The van der Waals surface area contributed by atoms with Gasteiger partial charge in [-0.15, -0.1) is 0 Å². The van der Waals surface area contributed by atoms with Gasteiger partial charge in [0, 0.05) is 24.7 Å². The third kappa shape index (κ3) is 14.6. The molecule has 0 saturated carbocycles. The monoisotopic (exact) mass is 339 g/mol. The summed E-state index contributed by atoms with van der Waals surface area (Å²) in [7, 11) is -10.7. The van der Waals surface area contributed by atoms with Gasteiger partial charge in [0.1, 0.15) is 0 Å². The minimum absolute atomic E-state index is 0.422. The molecular formula is C9H12F6N3O2P. The van der Waals surface area contributed by atoms with Crippen molar-refractivity contribution in [3.63, 3.8) is 0 Å². The summed E-state index contributed by atoms with van der Waals surface area (Å²) in [6.45, 7) is 2.99. The first-order valence-corrected chi connectivity index (χ1v) is 7.15. The van der Waals surface area contributed by atoms with Crippen molar-refractivity contribution < 1.29 is 35.4 Å². The number of aryl methyl sites for hydroxylation is 1. The molecule has 0 aromatic heterocycles. The van der Waals surface area contributed by atoms with Crippen LogP contribution in [-0.2, 0) is 0 Å². The molecule has 0 radical (unpaired) electrons. The average Bonchev–Trinajstić information content (AvgIpc) is 2.14. The normalized spacial score (nSPS) is 14.9. The Morgan fingerprint density at radius 1 is 1.14 bits per heavy atom. The Bertz CT molecular complexity index is 550. The van der Waals surface area contributed by atoms with Gasteiger partial charge in [-0.2, -0.15) is 0 Å². The summed E-state index contributed by atoms with van der Waals surface area (Å²) in [4.78, 5) is 3.02. The molecule has 0 atom stereocenters. The summed E-state index contributed by atoms with van der Waals surface area (Å²) in [6.07, 6.45) is 0. The van der Waals surface area contributed by atoms with E-state index in [1.165, 1.54) is 6.92 Å². The van der Waals surface area contributed by atoms with Crippen LogP contribution in [0.4, 0.5) is 36.6 Å². The first-order valence-electron chi connectivity index (χ1n) is 5.12. The summed E-state index contributed by atoms with van der Waals surface area (Å²) in [5.74, 6) is -1.96. The van der Waals surface area contributed by atoms with Crippen molar-refractivity contribution in [1.82, 2.24) is 0 Å². The zero-order valence-electron chi connectivity index (χ0n) is 10.7. The van der Waals surface area contributed by atoms with Gasteiger partial charge in [0.15, 0.2) is 4.98 Å². The topological polar surface area (TPSA) is 80.6 Å². The van der Waals surface area contributed by atoms with E-state index in [2.05, 4.69) is 10.3 Å². The van der Waals surface area contributed by atoms with Crippen LogP contribution in [0.2, 0.25) is 0 Å². The molecule has 122 valence electrons. The molecule has 0 heterocycles. The van der Waals surface area contributed by atoms with Crippen LogP contribution in [0.3, 0.4) is 0 Å². The second-order valence-corrected chi connectivity index (χ2v) is 6.12. The fraction of sp³-hybridized carbons (Fsp3) is 0.333. The van der Waals surface area contributed by atoms with Crippen LogP contribution in [-0.4, -0.2) is 16.1 Å². The predicted molar refractivity (Wildman–Crippen MR) is 66.0 cm³/mol. The van der Waals surface area contributed by atoms with Gasteiger partial charge in [0.25, 0.3) is 0 Å². The molecule has 1 aromatic carbocycles. The Morgan fingerprint density at radius 2 is 1.57 bits per heavy atom. The fourth-order valence-electron chi connectivity index (χ4n) is 1.11. The first kappa shape index (κ1) is 19.4. The van der Waals surface area contributed by atoms with E-state index in [1.54, 1.807) is 25.1 Å². The number of hydrogen-bond donors (Lipinski definition) is 3. The van der Waals surface area contributed by atoms with Crippen LogP contribution in [0.1, 0.15) is 12.5 Å². The molecule has 12 heteroatoms. The Kier molecular flexibility index (Phi) is 4.59. The zero-order valence-corrected chi connectivity index (χ0v) is 11.6. The van der Waals surface area contributed by atoms with E-state index in [4.69, 9.17) is 15.6 Å². The van der Waals surface area contributed by atoms with Crippen molar-refractivity contribution in [3.8, 4) is 0 Å². The summed E-state index contributed by atoms with van der Waals surface area (Å²) < 4.78 is 59.2. The van der Waals surface area contributed by atoms with Gasteiger partial charge >= 0.3 is 38.7 Å². The summed E-state index contributed by atoms with van der Waals surface area (Å²) >= 11 is 0. The molecule has 0 saturated heterocycles. The van der Waals surface area contributed by atoms with Crippen molar-refractivity contribution in [2.24, 2.45) is 0 Å². The van der Waals surface area contributed by atoms with Gasteiger partial charge in [0.2, 0.25) is 11.3 Å². The van der Waals surface area contributed by atoms with Gasteiger partial charge in [0.05, 0.1) is 0 Å². The maximum atomic E-state index is 9.87. The molecule has 0 bridgehead atoms. The van der Waals surface area contributed by atoms with Gasteiger partial charge in [-0.1, -0.05) is 0 Å². The van der Waals surface area contributed by atoms with E-state index in [-0.39, 0.29) is 0 Å². The molecule has 0 unspecified atom stereocenters. The quantitative estimate of drug-likeness (QED) is 0.309. The Hall–Kier alpha value is -1.63. The van der Waals surface area contributed by atoms with Gasteiger partial charge in [-0.3, -0.25) is 0 Å². The number of benzene rings is 1. The van der Waals surface area contributed by atoms with Crippen molar-refractivity contribution in [2.75, 3.05) is 5.32 Å². The SMILES string of the molecule is Cc1cc([N+]#N)ccc1NC(C)(O)O.F[P-](F)(F)(F)(F)F. The molecule has 1 rings (SSSR count). The average molecular weight is 339 g/mol.